The summed E-state index contributed by atoms with van der Waals surface area (Å²) in [5, 5.41) is 11.2. The monoisotopic (exact) mass is 361 g/mol. The van der Waals surface area contributed by atoms with Crippen molar-refractivity contribution in [1.29, 1.82) is 0 Å². The van der Waals surface area contributed by atoms with Crippen LogP contribution >= 0.6 is 15.9 Å². The number of hydrogen-bond acceptors (Lipinski definition) is 6. The number of nitrogens with zero attached hydrogens (tertiary/aromatic N) is 3. The van der Waals surface area contributed by atoms with E-state index in [0.29, 0.717) is 49.8 Å². The predicted octanol–water partition coefficient (Wildman–Crippen LogP) is 2.63. The van der Waals surface area contributed by atoms with Gasteiger partial charge in [-0.05, 0) is 29.8 Å². The van der Waals surface area contributed by atoms with Crippen molar-refractivity contribution in [3.8, 4) is 0 Å². The van der Waals surface area contributed by atoms with E-state index in [9.17, 15) is 10.1 Å². The van der Waals surface area contributed by atoms with Gasteiger partial charge in [-0.2, -0.15) is 0 Å². The van der Waals surface area contributed by atoms with E-state index < -0.39 is 4.92 Å². The van der Waals surface area contributed by atoms with Crippen molar-refractivity contribution in [2.75, 3.05) is 44.4 Å². The van der Waals surface area contributed by atoms with E-state index in [4.69, 9.17) is 9.47 Å². The molecule has 118 valence electrons. The van der Waals surface area contributed by atoms with E-state index in [1.807, 2.05) is 18.7 Å². The predicted molar refractivity (Wildman–Crippen MR) is 83.8 cm³/mol. The van der Waals surface area contributed by atoms with Crippen molar-refractivity contribution < 1.29 is 14.4 Å². The molecule has 0 aliphatic carbocycles. The van der Waals surface area contributed by atoms with Crippen LogP contribution < -0.4 is 4.90 Å². The molecule has 0 spiro atoms. The van der Waals surface area contributed by atoms with Gasteiger partial charge in [-0.25, -0.2) is 4.98 Å². The first kappa shape index (κ1) is 17.8. The molecular weight excluding hydrogens is 342 g/mol. The highest BCUT2D eigenvalue weighted by molar-refractivity contribution is 9.10. The van der Waals surface area contributed by atoms with Gasteiger partial charge in [0.1, 0.15) is 0 Å². The third kappa shape index (κ3) is 5.94. The van der Waals surface area contributed by atoms with Gasteiger partial charge >= 0.3 is 5.69 Å². The van der Waals surface area contributed by atoms with Gasteiger partial charge in [0, 0.05) is 43.0 Å². The second kappa shape index (κ2) is 9.64. The molecule has 0 N–H and O–H groups in total. The first-order valence-corrected chi connectivity index (χ1v) is 7.59. The second-order valence-corrected chi connectivity index (χ2v) is 5.05. The number of hydrogen-bond donors (Lipinski definition) is 0. The van der Waals surface area contributed by atoms with Gasteiger partial charge in [0.25, 0.3) is 0 Å². The smallest absolute Gasteiger partial charge is 0.312 e. The molecule has 0 unspecified atom stereocenters. The third-order valence-corrected chi connectivity index (χ3v) is 3.16. The zero-order chi connectivity index (χ0) is 15.7. The van der Waals surface area contributed by atoms with Gasteiger partial charge in [0.2, 0.25) is 5.82 Å². The lowest BCUT2D eigenvalue weighted by atomic mass is 10.3. The summed E-state index contributed by atoms with van der Waals surface area (Å²) in [5.41, 5.74) is -0.0302. The summed E-state index contributed by atoms with van der Waals surface area (Å²) in [6, 6.07) is 1.46. The van der Waals surface area contributed by atoms with Crippen LogP contribution in [0.2, 0.25) is 0 Å². The molecule has 1 heterocycles. The summed E-state index contributed by atoms with van der Waals surface area (Å²) in [4.78, 5) is 16.8. The molecular formula is C13H20BrN3O4. The minimum Gasteiger partial charge on any atom is -0.380 e. The molecule has 8 heteroatoms. The maximum atomic E-state index is 11.2. The molecule has 0 bridgehead atoms. The van der Waals surface area contributed by atoms with Crippen LogP contribution in [0.5, 0.6) is 0 Å². The topological polar surface area (TPSA) is 77.7 Å². The molecule has 1 aromatic heterocycles. The Bertz CT molecular complexity index is 449. The highest BCUT2D eigenvalue weighted by Gasteiger charge is 2.21. The van der Waals surface area contributed by atoms with Crippen molar-refractivity contribution in [2.24, 2.45) is 0 Å². The Morgan fingerprint density at radius 3 is 2.33 bits per heavy atom. The molecule has 0 saturated heterocycles. The summed E-state index contributed by atoms with van der Waals surface area (Å²) >= 11 is 3.21. The van der Waals surface area contributed by atoms with Crippen molar-refractivity contribution in [3.05, 3.63) is 26.9 Å². The van der Waals surface area contributed by atoms with Crippen LogP contribution in [0.1, 0.15) is 13.8 Å². The highest BCUT2D eigenvalue weighted by Crippen LogP contribution is 2.28. The third-order valence-electron chi connectivity index (χ3n) is 2.73. The molecule has 1 rings (SSSR count). The minimum atomic E-state index is -0.429. The Morgan fingerprint density at radius 2 is 1.86 bits per heavy atom. The number of nitro groups is 1. The Morgan fingerprint density at radius 1 is 1.29 bits per heavy atom. The number of anilines is 1. The van der Waals surface area contributed by atoms with E-state index >= 15 is 0 Å². The van der Waals surface area contributed by atoms with Gasteiger partial charge in [-0.15, -0.1) is 0 Å². The first-order valence-electron chi connectivity index (χ1n) is 6.80. The number of halogens is 1. The van der Waals surface area contributed by atoms with Gasteiger partial charge in [-0.1, -0.05) is 0 Å². The number of rotatable bonds is 10. The molecule has 0 aliphatic heterocycles. The van der Waals surface area contributed by atoms with Crippen LogP contribution in [0, 0.1) is 10.1 Å². The lowest BCUT2D eigenvalue weighted by Crippen LogP contribution is -2.32. The quantitative estimate of drug-likeness (QED) is 0.362. The largest absolute Gasteiger partial charge is 0.380 e. The first-order chi connectivity index (χ1) is 10.1. The zero-order valence-corrected chi connectivity index (χ0v) is 13.8. The van der Waals surface area contributed by atoms with Gasteiger partial charge in [0.05, 0.1) is 18.1 Å². The molecule has 1 aromatic rings. The summed E-state index contributed by atoms with van der Waals surface area (Å²) in [5.74, 6) is 0.336. The van der Waals surface area contributed by atoms with E-state index in [-0.39, 0.29) is 5.69 Å². The standard InChI is InChI=1S/C13H20BrN3O4/c1-3-20-7-5-16(6-8-21-4-2)13-12(17(18)19)9-11(14)10-15-13/h9-10H,3-8H2,1-2H3. The fourth-order valence-electron chi connectivity index (χ4n) is 1.76. The zero-order valence-electron chi connectivity index (χ0n) is 12.2. The Labute approximate surface area is 132 Å². The van der Waals surface area contributed by atoms with Gasteiger partial charge in [0.15, 0.2) is 0 Å². The van der Waals surface area contributed by atoms with Crippen LogP contribution in [0.25, 0.3) is 0 Å². The van der Waals surface area contributed by atoms with Crippen LogP contribution in [0.3, 0.4) is 0 Å². The SMILES string of the molecule is CCOCCN(CCOCC)c1ncc(Br)cc1[N+](=O)[O-]. The van der Waals surface area contributed by atoms with Crippen molar-refractivity contribution >= 4 is 27.4 Å². The molecule has 0 amide bonds. The molecule has 0 aromatic carbocycles. The van der Waals surface area contributed by atoms with E-state index in [2.05, 4.69) is 20.9 Å². The van der Waals surface area contributed by atoms with E-state index in [1.165, 1.54) is 6.07 Å². The molecule has 21 heavy (non-hydrogen) atoms. The van der Waals surface area contributed by atoms with Crippen molar-refractivity contribution in [2.45, 2.75) is 13.8 Å². The average molecular weight is 362 g/mol. The minimum absolute atomic E-state index is 0.0302. The number of ether oxygens (including phenoxy) is 2. The lowest BCUT2D eigenvalue weighted by molar-refractivity contribution is -0.384. The van der Waals surface area contributed by atoms with E-state index in [1.54, 1.807) is 6.20 Å². The maximum Gasteiger partial charge on any atom is 0.312 e. The second-order valence-electron chi connectivity index (χ2n) is 4.13. The van der Waals surface area contributed by atoms with Crippen LogP contribution in [0.15, 0.2) is 16.7 Å². The van der Waals surface area contributed by atoms with E-state index in [0.717, 1.165) is 0 Å². The summed E-state index contributed by atoms with van der Waals surface area (Å²) in [6.07, 6.45) is 1.55. The number of aromatic nitrogens is 1. The molecule has 0 aliphatic rings. The highest BCUT2D eigenvalue weighted by atomic mass is 79.9. The van der Waals surface area contributed by atoms with Crippen molar-refractivity contribution in [1.82, 2.24) is 4.98 Å². The maximum absolute atomic E-state index is 11.2. The molecule has 0 fully saturated rings. The molecule has 0 saturated carbocycles. The van der Waals surface area contributed by atoms with Crippen molar-refractivity contribution in [3.63, 3.8) is 0 Å². The fourth-order valence-corrected chi connectivity index (χ4v) is 2.08. The summed E-state index contributed by atoms with van der Waals surface area (Å²) in [7, 11) is 0. The fraction of sp³-hybridized carbons (Fsp3) is 0.615. The molecule has 0 radical (unpaired) electrons. The Kier molecular flexibility index (Phi) is 8.17. The van der Waals surface area contributed by atoms with Gasteiger partial charge < -0.3 is 14.4 Å². The molecule has 0 atom stereocenters. The van der Waals surface area contributed by atoms with Crippen LogP contribution in [-0.4, -0.2) is 49.4 Å². The Hall–Kier alpha value is -1.25. The van der Waals surface area contributed by atoms with Gasteiger partial charge in [-0.3, -0.25) is 10.1 Å². The van der Waals surface area contributed by atoms with Crippen LogP contribution in [0.4, 0.5) is 11.5 Å². The average Bonchev–Trinajstić information content (AvgIpc) is 2.46. The summed E-state index contributed by atoms with van der Waals surface area (Å²) in [6.45, 7) is 7.04. The normalized spacial score (nSPS) is 10.6. The van der Waals surface area contributed by atoms with Crippen LogP contribution in [-0.2, 0) is 9.47 Å². The Balaban J connectivity index is 2.91. The lowest BCUT2D eigenvalue weighted by Gasteiger charge is -2.23. The summed E-state index contributed by atoms with van der Waals surface area (Å²) < 4.78 is 11.2. The number of pyridine rings is 1. The molecule has 7 nitrogen and oxygen atoms in total.